The minimum absolute atomic E-state index is 0.0736. The maximum atomic E-state index is 14.3. The molecule has 4 nitrogen and oxygen atoms in total. The minimum Gasteiger partial charge on any atom is -0.354 e. The van der Waals surface area contributed by atoms with Gasteiger partial charge in [0.2, 0.25) is 11.8 Å². The van der Waals surface area contributed by atoms with Crippen molar-refractivity contribution in [3.05, 3.63) is 71.5 Å². The van der Waals surface area contributed by atoms with Crippen LogP contribution < -0.4 is 5.32 Å². The molecule has 2 aromatic rings. The zero-order valence-corrected chi connectivity index (χ0v) is 17.4. The summed E-state index contributed by atoms with van der Waals surface area (Å²) in [5.41, 5.74) is 1.38. The fourth-order valence-corrected chi connectivity index (χ4v) is 3.23. The van der Waals surface area contributed by atoms with E-state index in [1.807, 2.05) is 37.3 Å². The summed E-state index contributed by atoms with van der Waals surface area (Å²) in [6, 6.07) is 15.3. The summed E-state index contributed by atoms with van der Waals surface area (Å²) < 4.78 is 14.3. The van der Waals surface area contributed by atoms with E-state index in [4.69, 9.17) is 0 Å². The molecule has 0 heterocycles. The SMILES string of the molecule is CCCCNC(=O)[C@H](Cc1ccccc1)N(Cc1ccccc1F)C(=O)CCC. The van der Waals surface area contributed by atoms with E-state index in [1.165, 1.54) is 11.0 Å². The molecule has 2 amide bonds. The molecule has 1 N–H and O–H groups in total. The molecule has 156 valence electrons. The third-order valence-electron chi connectivity index (χ3n) is 4.86. The van der Waals surface area contributed by atoms with Crippen LogP contribution in [0.4, 0.5) is 4.39 Å². The van der Waals surface area contributed by atoms with E-state index in [0.29, 0.717) is 31.4 Å². The molecular formula is C24H31FN2O2. The summed E-state index contributed by atoms with van der Waals surface area (Å²) in [6.45, 7) is 4.62. The number of nitrogens with zero attached hydrogens (tertiary/aromatic N) is 1. The Hall–Kier alpha value is -2.69. The minimum atomic E-state index is -0.687. The Morgan fingerprint density at radius 2 is 1.69 bits per heavy atom. The second-order valence-corrected chi connectivity index (χ2v) is 7.21. The molecule has 0 saturated heterocycles. The number of benzene rings is 2. The van der Waals surface area contributed by atoms with Crippen LogP contribution in [0.25, 0.3) is 0 Å². The lowest BCUT2D eigenvalue weighted by Gasteiger charge is -2.31. The number of unbranched alkanes of at least 4 members (excludes halogenated alkanes) is 1. The fraction of sp³-hybridized carbons (Fsp3) is 0.417. The summed E-state index contributed by atoms with van der Waals surface area (Å²) in [4.78, 5) is 27.5. The van der Waals surface area contributed by atoms with Gasteiger partial charge in [-0.2, -0.15) is 0 Å². The lowest BCUT2D eigenvalue weighted by atomic mass is 10.0. The first-order valence-corrected chi connectivity index (χ1v) is 10.4. The van der Waals surface area contributed by atoms with Crippen molar-refractivity contribution in [3.63, 3.8) is 0 Å². The first kappa shape index (κ1) is 22.6. The third-order valence-corrected chi connectivity index (χ3v) is 4.86. The summed E-state index contributed by atoms with van der Waals surface area (Å²) in [5.74, 6) is -0.697. The largest absolute Gasteiger partial charge is 0.354 e. The number of nitrogens with one attached hydrogen (secondary N) is 1. The van der Waals surface area contributed by atoms with Gasteiger partial charge in [-0.3, -0.25) is 9.59 Å². The predicted octanol–water partition coefficient (Wildman–Crippen LogP) is 4.48. The van der Waals surface area contributed by atoms with Crippen molar-refractivity contribution in [2.45, 2.75) is 58.5 Å². The van der Waals surface area contributed by atoms with Crippen LogP contribution >= 0.6 is 0 Å². The number of hydrogen-bond acceptors (Lipinski definition) is 2. The molecule has 0 spiro atoms. The van der Waals surface area contributed by atoms with E-state index in [9.17, 15) is 14.0 Å². The highest BCUT2D eigenvalue weighted by Gasteiger charge is 2.30. The van der Waals surface area contributed by atoms with Gasteiger partial charge >= 0.3 is 0 Å². The van der Waals surface area contributed by atoms with E-state index >= 15 is 0 Å². The molecule has 2 aromatic carbocycles. The van der Waals surface area contributed by atoms with Gasteiger partial charge in [-0.15, -0.1) is 0 Å². The van der Waals surface area contributed by atoms with Crippen LogP contribution in [0, 0.1) is 5.82 Å². The number of amides is 2. The Labute approximate surface area is 173 Å². The molecule has 0 bridgehead atoms. The van der Waals surface area contributed by atoms with Crippen LogP contribution in [0.1, 0.15) is 50.7 Å². The van der Waals surface area contributed by atoms with E-state index in [2.05, 4.69) is 12.2 Å². The number of hydrogen-bond donors (Lipinski definition) is 1. The van der Waals surface area contributed by atoms with Crippen LogP contribution in [-0.2, 0) is 22.6 Å². The average molecular weight is 399 g/mol. The second kappa shape index (κ2) is 12.0. The number of carbonyl (C=O) groups is 2. The topological polar surface area (TPSA) is 49.4 Å². The number of carbonyl (C=O) groups excluding carboxylic acids is 2. The van der Waals surface area contributed by atoms with Gasteiger partial charge in [0.15, 0.2) is 0 Å². The van der Waals surface area contributed by atoms with Crippen LogP contribution in [0.5, 0.6) is 0 Å². The van der Waals surface area contributed by atoms with Crippen LogP contribution in [0.15, 0.2) is 54.6 Å². The molecule has 0 radical (unpaired) electrons. The number of halogens is 1. The molecule has 2 rings (SSSR count). The Bertz CT molecular complexity index is 779. The Morgan fingerprint density at radius 1 is 1.00 bits per heavy atom. The monoisotopic (exact) mass is 398 g/mol. The van der Waals surface area contributed by atoms with Gasteiger partial charge in [-0.1, -0.05) is 68.8 Å². The standard InChI is InChI=1S/C24H31FN2O2/c1-3-5-16-26-24(29)22(17-19-12-7-6-8-13-19)27(23(28)11-4-2)18-20-14-9-10-15-21(20)25/h6-10,12-15,22H,3-5,11,16-18H2,1-2H3,(H,26,29)/t22-/m0/s1. The van der Waals surface area contributed by atoms with Gasteiger partial charge in [0.05, 0.1) is 0 Å². The van der Waals surface area contributed by atoms with Crippen molar-refractivity contribution in [1.82, 2.24) is 10.2 Å². The van der Waals surface area contributed by atoms with Gasteiger partial charge in [0.25, 0.3) is 0 Å². The molecule has 0 unspecified atom stereocenters. The molecule has 1 atom stereocenters. The predicted molar refractivity (Wildman–Crippen MR) is 114 cm³/mol. The molecule has 0 aromatic heterocycles. The highest BCUT2D eigenvalue weighted by molar-refractivity contribution is 5.88. The summed E-state index contributed by atoms with van der Waals surface area (Å²) in [5, 5.41) is 2.96. The zero-order valence-electron chi connectivity index (χ0n) is 17.4. The Kier molecular flexibility index (Phi) is 9.35. The number of rotatable bonds is 11. The second-order valence-electron chi connectivity index (χ2n) is 7.21. The van der Waals surface area contributed by atoms with E-state index in [-0.39, 0.29) is 24.2 Å². The third kappa shape index (κ3) is 7.00. The first-order valence-electron chi connectivity index (χ1n) is 10.4. The highest BCUT2D eigenvalue weighted by atomic mass is 19.1. The van der Waals surface area contributed by atoms with E-state index in [1.54, 1.807) is 18.2 Å². The first-order chi connectivity index (χ1) is 14.1. The van der Waals surface area contributed by atoms with E-state index in [0.717, 1.165) is 18.4 Å². The summed E-state index contributed by atoms with van der Waals surface area (Å²) >= 11 is 0. The van der Waals surface area contributed by atoms with Crippen LogP contribution in [0.2, 0.25) is 0 Å². The van der Waals surface area contributed by atoms with Crippen molar-refractivity contribution in [2.24, 2.45) is 0 Å². The van der Waals surface area contributed by atoms with Crippen LogP contribution in [-0.4, -0.2) is 29.3 Å². The maximum Gasteiger partial charge on any atom is 0.243 e. The quantitative estimate of drug-likeness (QED) is 0.567. The molecule has 0 saturated carbocycles. The highest BCUT2D eigenvalue weighted by Crippen LogP contribution is 2.18. The van der Waals surface area contributed by atoms with Crippen LogP contribution in [0.3, 0.4) is 0 Å². The molecule has 29 heavy (non-hydrogen) atoms. The molecule has 0 aliphatic carbocycles. The maximum absolute atomic E-state index is 14.3. The van der Waals surface area contributed by atoms with Crippen molar-refractivity contribution < 1.29 is 14.0 Å². The summed E-state index contributed by atoms with van der Waals surface area (Å²) in [7, 11) is 0. The zero-order chi connectivity index (χ0) is 21.1. The van der Waals surface area contributed by atoms with Gasteiger partial charge in [-0.25, -0.2) is 4.39 Å². The molecule has 5 heteroatoms. The molecule has 0 aliphatic heterocycles. The fourth-order valence-electron chi connectivity index (χ4n) is 3.23. The molecule has 0 aliphatic rings. The van der Waals surface area contributed by atoms with Gasteiger partial charge in [0.1, 0.15) is 11.9 Å². The van der Waals surface area contributed by atoms with Gasteiger partial charge < -0.3 is 10.2 Å². The Balaban J connectivity index is 2.33. The lowest BCUT2D eigenvalue weighted by Crippen LogP contribution is -2.50. The van der Waals surface area contributed by atoms with Crippen molar-refractivity contribution in [3.8, 4) is 0 Å². The Morgan fingerprint density at radius 3 is 2.34 bits per heavy atom. The van der Waals surface area contributed by atoms with Gasteiger partial charge in [0, 0.05) is 31.5 Å². The molecular weight excluding hydrogens is 367 g/mol. The lowest BCUT2D eigenvalue weighted by molar-refractivity contribution is -0.141. The molecule has 0 fully saturated rings. The van der Waals surface area contributed by atoms with Crippen molar-refractivity contribution in [2.75, 3.05) is 6.54 Å². The average Bonchev–Trinajstić information content (AvgIpc) is 2.73. The van der Waals surface area contributed by atoms with E-state index < -0.39 is 6.04 Å². The summed E-state index contributed by atoms with van der Waals surface area (Å²) in [6.07, 6.45) is 3.23. The van der Waals surface area contributed by atoms with Crippen molar-refractivity contribution in [1.29, 1.82) is 0 Å². The van der Waals surface area contributed by atoms with Gasteiger partial charge in [-0.05, 0) is 24.5 Å². The van der Waals surface area contributed by atoms with Crippen molar-refractivity contribution >= 4 is 11.8 Å². The smallest absolute Gasteiger partial charge is 0.243 e. The normalized spacial score (nSPS) is 11.7.